The van der Waals surface area contributed by atoms with E-state index in [9.17, 15) is 0 Å². The lowest BCUT2D eigenvalue weighted by Crippen LogP contribution is -2.29. The molecule has 0 bridgehead atoms. The molecule has 5 heteroatoms. The van der Waals surface area contributed by atoms with Crippen LogP contribution in [0.5, 0.6) is 0 Å². The highest BCUT2D eigenvalue weighted by molar-refractivity contribution is 7.80. The fourth-order valence-electron chi connectivity index (χ4n) is 0.822. The van der Waals surface area contributed by atoms with E-state index in [-0.39, 0.29) is 0 Å². The topological polar surface area (TPSA) is 41.9 Å². The molecule has 0 spiro atoms. The third kappa shape index (κ3) is 2.87. The standard InChI is InChI=1S/C8H12N4S/c1-3-5-9-8(13)11-7-4-6-10-12(7)2/h3-4,6H,1,5H2,2H3,(H2,9,11,13). The van der Waals surface area contributed by atoms with Crippen molar-refractivity contribution in [3.8, 4) is 0 Å². The first kappa shape index (κ1) is 9.73. The average Bonchev–Trinajstić information content (AvgIpc) is 2.48. The van der Waals surface area contributed by atoms with Crippen molar-refractivity contribution in [2.45, 2.75) is 0 Å². The molecule has 0 aromatic carbocycles. The number of nitrogens with one attached hydrogen (secondary N) is 2. The minimum Gasteiger partial charge on any atom is -0.359 e. The van der Waals surface area contributed by atoms with Gasteiger partial charge in [0.05, 0.1) is 6.20 Å². The van der Waals surface area contributed by atoms with Gasteiger partial charge in [0.15, 0.2) is 5.11 Å². The molecule has 0 saturated heterocycles. The molecule has 0 saturated carbocycles. The van der Waals surface area contributed by atoms with Crippen molar-refractivity contribution in [1.82, 2.24) is 15.1 Å². The van der Waals surface area contributed by atoms with Crippen LogP contribution in [0, 0.1) is 0 Å². The zero-order chi connectivity index (χ0) is 9.68. The summed E-state index contributed by atoms with van der Waals surface area (Å²) < 4.78 is 1.71. The average molecular weight is 196 g/mol. The van der Waals surface area contributed by atoms with Gasteiger partial charge in [-0.15, -0.1) is 6.58 Å². The molecule has 0 atom stereocenters. The SMILES string of the molecule is C=CCNC(=S)Nc1ccnn1C. The molecule has 70 valence electrons. The summed E-state index contributed by atoms with van der Waals surface area (Å²) in [4.78, 5) is 0. The molecule has 1 heterocycles. The first-order chi connectivity index (χ1) is 6.24. The second-order valence-corrected chi connectivity index (χ2v) is 2.87. The van der Waals surface area contributed by atoms with Crippen molar-refractivity contribution in [3.63, 3.8) is 0 Å². The van der Waals surface area contributed by atoms with E-state index in [0.717, 1.165) is 5.82 Å². The number of nitrogens with zero attached hydrogens (tertiary/aromatic N) is 2. The van der Waals surface area contributed by atoms with Gasteiger partial charge in [0.2, 0.25) is 0 Å². The number of thiocarbonyl (C=S) groups is 1. The number of hydrogen-bond acceptors (Lipinski definition) is 2. The Kier molecular flexibility index (Phi) is 3.45. The summed E-state index contributed by atoms with van der Waals surface area (Å²) in [6.45, 7) is 4.24. The summed E-state index contributed by atoms with van der Waals surface area (Å²) in [7, 11) is 1.85. The van der Waals surface area contributed by atoms with E-state index in [1.807, 2.05) is 13.1 Å². The second kappa shape index (κ2) is 4.61. The highest BCUT2D eigenvalue weighted by Crippen LogP contribution is 2.02. The van der Waals surface area contributed by atoms with Crippen molar-refractivity contribution >= 4 is 23.1 Å². The van der Waals surface area contributed by atoms with E-state index in [1.54, 1.807) is 17.0 Å². The molecule has 1 aromatic heterocycles. The maximum atomic E-state index is 5.02. The Bertz CT molecular complexity index is 305. The normalized spacial score (nSPS) is 9.31. The van der Waals surface area contributed by atoms with Gasteiger partial charge in [-0.25, -0.2) is 0 Å². The largest absolute Gasteiger partial charge is 0.359 e. The lowest BCUT2D eigenvalue weighted by atomic mass is 10.6. The number of hydrogen-bond donors (Lipinski definition) is 2. The molecule has 4 nitrogen and oxygen atoms in total. The molecule has 2 N–H and O–H groups in total. The lowest BCUT2D eigenvalue weighted by molar-refractivity contribution is 0.777. The van der Waals surface area contributed by atoms with Gasteiger partial charge in [-0.3, -0.25) is 4.68 Å². The quantitative estimate of drug-likeness (QED) is 0.556. The molecule has 0 fully saturated rings. The molecule has 1 aromatic rings. The Hall–Kier alpha value is -1.36. The predicted molar refractivity (Wildman–Crippen MR) is 57.6 cm³/mol. The summed E-state index contributed by atoms with van der Waals surface area (Å²) >= 11 is 5.02. The summed E-state index contributed by atoms with van der Waals surface area (Å²) in [5.41, 5.74) is 0. The zero-order valence-electron chi connectivity index (χ0n) is 7.45. The molecular formula is C8H12N4S. The van der Waals surface area contributed by atoms with Crippen LogP contribution in [0.2, 0.25) is 0 Å². The third-order valence-corrected chi connectivity index (χ3v) is 1.72. The van der Waals surface area contributed by atoms with Crippen LogP contribution >= 0.6 is 12.2 Å². The molecular weight excluding hydrogens is 184 g/mol. The Balaban J connectivity index is 2.45. The number of aryl methyl sites for hydroxylation is 1. The van der Waals surface area contributed by atoms with Crippen LogP contribution in [0.15, 0.2) is 24.9 Å². The van der Waals surface area contributed by atoms with Crippen LogP contribution in [-0.2, 0) is 7.05 Å². The van der Waals surface area contributed by atoms with Gasteiger partial charge in [0.1, 0.15) is 5.82 Å². The Labute approximate surface area is 82.6 Å². The van der Waals surface area contributed by atoms with E-state index in [4.69, 9.17) is 12.2 Å². The molecule has 0 unspecified atom stereocenters. The van der Waals surface area contributed by atoms with Gasteiger partial charge in [-0.2, -0.15) is 5.10 Å². The van der Waals surface area contributed by atoms with Crippen molar-refractivity contribution in [2.24, 2.45) is 7.05 Å². The van der Waals surface area contributed by atoms with Gasteiger partial charge >= 0.3 is 0 Å². The first-order valence-corrected chi connectivity index (χ1v) is 4.28. The molecule has 0 aliphatic rings. The van der Waals surface area contributed by atoms with Gasteiger partial charge in [0.25, 0.3) is 0 Å². The fraction of sp³-hybridized carbons (Fsp3) is 0.250. The number of rotatable bonds is 3. The summed E-state index contributed by atoms with van der Waals surface area (Å²) in [6.07, 6.45) is 3.45. The molecule has 13 heavy (non-hydrogen) atoms. The fourth-order valence-corrected chi connectivity index (χ4v) is 1.01. The molecule has 1 rings (SSSR count). The summed E-state index contributed by atoms with van der Waals surface area (Å²) in [5.74, 6) is 0.863. The first-order valence-electron chi connectivity index (χ1n) is 3.88. The monoisotopic (exact) mass is 196 g/mol. The predicted octanol–water partition coefficient (Wildman–Crippen LogP) is 0.892. The highest BCUT2D eigenvalue weighted by Gasteiger charge is 1.98. The van der Waals surface area contributed by atoms with E-state index in [0.29, 0.717) is 11.7 Å². The zero-order valence-corrected chi connectivity index (χ0v) is 8.27. The highest BCUT2D eigenvalue weighted by atomic mass is 32.1. The Morgan fingerprint density at radius 2 is 2.62 bits per heavy atom. The van der Waals surface area contributed by atoms with Gasteiger partial charge in [-0.05, 0) is 12.2 Å². The van der Waals surface area contributed by atoms with Crippen LogP contribution in [0.4, 0.5) is 5.82 Å². The van der Waals surface area contributed by atoms with Crippen LogP contribution in [0.25, 0.3) is 0 Å². The maximum absolute atomic E-state index is 5.02. The van der Waals surface area contributed by atoms with E-state index in [1.165, 1.54) is 0 Å². The van der Waals surface area contributed by atoms with Gasteiger partial charge in [0, 0.05) is 19.7 Å². The lowest BCUT2D eigenvalue weighted by Gasteiger charge is -2.08. The Morgan fingerprint density at radius 1 is 1.85 bits per heavy atom. The molecule has 0 radical (unpaired) electrons. The smallest absolute Gasteiger partial charge is 0.172 e. The van der Waals surface area contributed by atoms with E-state index < -0.39 is 0 Å². The van der Waals surface area contributed by atoms with Crippen LogP contribution < -0.4 is 10.6 Å². The van der Waals surface area contributed by atoms with E-state index in [2.05, 4.69) is 22.3 Å². The summed E-state index contributed by atoms with van der Waals surface area (Å²) in [6, 6.07) is 1.85. The van der Waals surface area contributed by atoms with Gasteiger partial charge in [-0.1, -0.05) is 6.08 Å². The van der Waals surface area contributed by atoms with Gasteiger partial charge < -0.3 is 10.6 Å². The van der Waals surface area contributed by atoms with E-state index >= 15 is 0 Å². The van der Waals surface area contributed by atoms with Crippen molar-refractivity contribution in [1.29, 1.82) is 0 Å². The summed E-state index contributed by atoms with van der Waals surface area (Å²) in [5, 5.41) is 10.5. The number of aromatic nitrogens is 2. The van der Waals surface area contributed by atoms with Crippen molar-refractivity contribution in [2.75, 3.05) is 11.9 Å². The maximum Gasteiger partial charge on any atom is 0.172 e. The van der Waals surface area contributed by atoms with Crippen LogP contribution in [0.3, 0.4) is 0 Å². The number of anilines is 1. The Morgan fingerprint density at radius 3 is 3.15 bits per heavy atom. The minimum absolute atomic E-state index is 0.573. The van der Waals surface area contributed by atoms with Crippen LogP contribution in [-0.4, -0.2) is 21.4 Å². The third-order valence-electron chi connectivity index (χ3n) is 1.47. The van der Waals surface area contributed by atoms with Crippen molar-refractivity contribution < 1.29 is 0 Å². The second-order valence-electron chi connectivity index (χ2n) is 2.46. The minimum atomic E-state index is 0.573. The molecule has 0 aliphatic heterocycles. The molecule has 0 amide bonds. The van der Waals surface area contributed by atoms with Crippen molar-refractivity contribution in [3.05, 3.63) is 24.9 Å². The molecule has 0 aliphatic carbocycles. The van der Waals surface area contributed by atoms with Crippen LogP contribution in [0.1, 0.15) is 0 Å².